The van der Waals surface area contributed by atoms with Crippen molar-refractivity contribution >= 4 is 34.5 Å². The Balaban J connectivity index is 1.88. The van der Waals surface area contributed by atoms with Crippen molar-refractivity contribution in [1.82, 2.24) is 0 Å². The molecule has 36 valence electrons. The molecule has 0 aromatic heterocycles. The molecule has 0 aliphatic carbocycles. The van der Waals surface area contributed by atoms with Gasteiger partial charge in [-0.15, -0.1) is 0 Å². The van der Waals surface area contributed by atoms with E-state index in [-0.39, 0.29) is 0 Å². The summed E-state index contributed by atoms with van der Waals surface area (Å²) < 4.78 is 5.20. The molecule has 1 fully saturated rings. The van der Waals surface area contributed by atoms with Crippen molar-refractivity contribution in [2.75, 3.05) is 6.61 Å². The molecule has 0 saturated carbocycles. The normalized spacial score (nSPS) is 21.5. The molecule has 6 heavy (non-hydrogen) atoms. The molecule has 1 saturated heterocycles. The van der Waals surface area contributed by atoms with E-state index < -0.39 is 0 Å². The molecule has 0 N–H and O–H groups in total. The van der Waals surface area contributed by atoms with Crippen molar-refractivity contribution < 1.29 is 4.18 Å². The fourth-order valence-electron chi connectivity index (χ4n) is 0.156. The molecule has 0 unspecified atom stereocenters. The van der Waals surface area contributed by atoms with Crippen LogP contribution in [-0.4, -0.2) is 11.2 Å². The molecule has 0 amide bonds. The predicted molar refractivity (Wildman–Crippen MR) is 33.9 cm³/mol. The van der Waals surface area contributed by atoms with Gasteiger partial charge in [-0.05, 0) is 12.9 Å². The van der Waals surface area contributed by atoms with Gasteiger partial charge in [0.25, 0.3) is 0 Å². The minimum atomic E-state index is 0.683. The quantitative estimate of drug-likeness (QED) is 0.270. The molecule has 1 aliphatic heterocycles. The zero-order chi connectivity index (χ0) is 4.41. The second-order valence-electron chi connectivity index (χ2n) is 0.918. The van der Waals surface area contributed by atoms with E-state index in [0.29, 0.717) is 4.58 Å². The van der Waals surface area contributed by atoms with Gasteiger partial charge in [-0.25, -0.2) is 0 Å². The fraction of sp³-hybridized carbons (Fsp3) is 1.00. The lowest BCUT2D eigenvalue weighted by Crippen LogP contribution is -1.85. The largest absolute Gasteiger partial charge is 0.316 e. The van der Waals surface area contributed by atoms with Crippen LogP contribution in [0.15, 0.2) is 0 Å². The molecule has 1 heterocycles. The summed E-state index contributed by atoms with van der Waals surface area (Å²) in [7, 11) is 3.67. The van der Waals surface area contributed by atoms with Gasteiger partial charge in [-0.2, -0.15) is 0 Å². The van der Waals surface area contributed by atoms with Crippen LogP contribution in [0.5, 0.6) is 0 Å². The van der Waals surface area contributed by atoms with Gasteiger partial charge in [0, 0.05) is 0 Å². The van der Waals surface area contributed by atoms with E-state index in [1.165, 1.54) is 0 Å². The Morgan fingerprint density at radius 1 is 1.67 bits per heavy atom. The lowest BCUT2D eigenvalue weighted by molar-refractivity contribution is 0.409. The maximum Gasteiger partial charge on any atom is 0.0955 e. The van der Waals surface area contributed by atoms with Crippen LogP contribution < -0.4 is 0 Å². The zero-order valence-corrected chi connectivity index (χ0v) is 5.48. The van der Waals surface area contributed by atoms with Gasteiger partial charge in [0.2, 0.25) is 0 Å². The summed E-state index contributed by atoms with van der Waals surface area (Å²) in [5.74, 6) is 0. The summed E-state index contributed by atoms with van der Waals surface area (Å²) in [6, 6.07) is 0. The number of rotatable bonds is 2. The number of hydrogen-bond donors (Lipinski definition) is 1. The van der Waals surface area contributed by atoms with Crippen molar-refractivity contribution in [1.29, 1.82) is 0 Å². The SMILES string of the molecule is SOCC1SS1. The maximum absolute atomic E-state index is 4.52. The minimum absolute atomic E-state index is 0.683. The zero-order valence-electron chi connectivity index (χ0n) is 2.96. The average Bonchev–Trinajstić information content (AvgIpc) is 2.21. The first-order chi connectivity index (χ1) is 2.93. The van der Waals surface area contributed by atoms with Crippen molar-refractivity contribution in [3.05, 3.63) is 0 Å². The first-order valence-corrected chi connectivity index (χ1v) is 4.16. The van der Waals surface area contributed by atoms with E-state index in [1.807, 2.05) is 21.6 Å². The van der Waals surface area contributed by atoms with E-state index in [0.717, 1.165) is 6.61 Å². The van der Waals surface area contributed by atoms with Crippen LogP contribution in [0.4, 0.5) is 0 Å². The third-order valence-corrected chi connectivity index (χ3v) is 2.72. The van der Waals surface area contributed by atoms with Crippen LogP contribution in [0.25, 0.3) is 0 Å². The molecule has 0 spiro atoms. The first-order valence-electron chi connectivity index (χ1n) is 1.52. The third-order valence-electron chi connectivity index (χ3n) is 0.443. The molecule has 1 rings (SSSR count). The highest BCUT2D eigenvalue weighted by Gasteiger charge is 2.23. The lowest BCUT2D eigenvalue weighted by Gasteiger charge is -1.82. The minimum Gasteiger partial charge on any atom is -0.316 e. The van der Waals surface area contributed by atoms with Crippen LogP contribution in [0.2, 0.25) is 0 Å². The summed E-state index contributed by atoms with van der Waals surface area (Å²) in [6.45, 7) is 0.776. The Hall–Kier alpha value is 1.01. The average molecular weight is 140 g/mol. The standard InChI is InChI=1S/C2H4OS3/c4-3-1-2-5-6-2/h2,4H,1H2. The molecule has 0 aromatic carbocycles. The van der Waals surface area contributed by atoms with Crippen LogP contribution >= 0.6 is 34.5 Å². The first kappa shape index (κ1) is 5.15. The predicted octanol–water partition coefficient (Wildman–Crippen LogP) is 1.57. The van der Waals surface area contributed by atoms with Crippen molar-refractivity contribution in [2.45, 2.75) is 4.58 Å². The topological polar surface area (TPSA) is 9.23 Å². The second kappa shape index (κ2) is 2.35. The van der Waals surface area contributed by atoms with Crippen LogP contribution in [0.1, 0.15) is 0 Å². The molecule has 1 nitrogen and oxygen atoms in total. The molecular formula is C2H4OS3. The summed E-state index contributed by atoms with van der Waals surface area (Å²) >= 11 is 3.57. The third kappa shape index (κ3) is 1.64. The Morgan fingerprint density at radius 2 is 2.33 bits per heavy atom. The van der Waals surface area contributed by atoms with Crippen molar-refractivity contribution in [2.24, 2.45) is 0 Å². The molecule has 4 heteroatoms. The van der Waals surface area contributed by atoms with E-state index in [1.54, 1.807) is 0 Å². The molecule has 0 bridgehead atoms. The summed E-state index contributed by atoms with van der Waals surface area (Å²) in [5.41, 5.74) is 0. The molecule has 0 radical (unpaired) electrons. The van der Waals surface area contributed by atoms with Crippen LogP contribution in [0, 0.1) is 0 Å². The van der Waals surface area contributed by atoms with Gasteiger partial charge in [-0.3, -0.25) is 0 Å². The molecule has 0 atom stereocenters. The number of thiol groups is 1. The van der Waals surface area contributed by atoms with Crippen molar-refractivity contribution in [3.8, 4) is 0 Å². The summed E-state index contributed by atoms with van der Waals surface area (Å²) in [5, 5.41) is 0. The lowest BCUT2D eigenvalue weighted by atomic mass is 10.9. The van der Waals surface area contributed by atoms with E-state index in [9.17, 15) is 0 Å². The summed E-state index contributed by atoms with van der Waals surface area (Å²) in [4.78, 5) is 0. The molecule has 1 aliphatic rings. The van der Waals surface area contributed by atoms with Gasteiger partial charge in [0.15, 0.2) is 0 Å². The second-order valence-corrected chi connectivity index (χ2v) is 4.15. The monoisotopic (exact) mass is 140 g/mol. The van der Waals surface area contributed by atoms with Gasteiger partial charge < -0.3 is 4.18 Å². The van der Waals surface area contributed by atoms with E-state index in [2.05, 4.69) is 17.1 Å². The van der Waals surface area contributed by atoms with Crippen LogP contribution in [0.3, 0.4) is 0 Å². The number of hydrogen-bond acceptors (Lipinski definition) is 4. The van der Waals surface area contributed by atoms with Crippen LogP contribution in [-0.2, 0) is 4.18 Å². The molecular weight excluding hydrogens is 136 g/mol. The maximum atomic E-state index is 4.52. The van der Waals surface area contributed by atoms with Gasteiger partial charge >= 0.3 is 0 Å². The summed E-state index contributed by atoms with van der Waals surface area (Å²) in [6.07, 6.45) is 0. The highest BCUT2D eigenvalue weighted by molar-refractivity contribution is 8.92. The van der Waals surface area contributed by atoms with E-state index >= 15 is 0 Å². The Labute approximate surface area is 50.2 Å². The molecule has 0 aromatic rings. The van der Waals surface area contributed by atoms with Gasteiger partial charge in [0.05, 0.1) is 11.2 Å². The highest BCUT2D eigenvalue weighted by Crippen LogP contribution is 2.53. The Kier molecular flexibility index (Phi) is 2.02. The highest BCUT2D eigenvalue weighted by atomic mass is 33.2. The smallest absolute Gasteiger partial charge is 0.0955 e. The van der Waals surface area contributed by atoms with Gasteiger partial charge in [0.1, 0.15) is 0 Å². The van der Waals surface area contributed by atoms with E-state index in [4.69, 9.17) is 0 Å². The fourth-order valence-corrected chi connectivity index (χ4v) is 1.40. The van der Waals surface area contributed by atoms with Gasteiger partial charge in [-0.1, -0.05) is 21.6 Å². The Morgan fingerprint density at radius 3 is 2.50 bits per heavy atom. The van der Waals surface area contributed by atoms with Crippen molar-refractivity contribution in [3.63, 3.8) is 0 Å². The Bertz CT molecular complexity index is 44.1.